The van der Waals surface area contributed by atoms with Crippen molar-refractivity contribution in [1.29, 1.82) is 0 Å². The Hall–Kier alpha value is -3.32. The van der Waals surface area contributed by atoms with Crippen LogP contribution in [0.5, 0.6) is 5.75 Å². The van der Waals surface area contributed by atoms with E-state index >= 15 is 0 Å². The monoisotopic (exact) mass is 452 g/mol. The van der Waals surface area contributed by atoms with Crippen molar-refractivity contribution in [3.05, 3.63) is 89.5 Å². The number of ether oxygens (including phenoxy) is 1. The zero-order chi connectivity index (χ0) is 23.1. The highest BCUT2D eigenvalue weighted by atomic mass is 32.2. The predicted octanol–water partition coefficient (Wildman–Crippen LogP) is 4.21. The first-order valence-corrected chi connectivity index (χ1v) is 11.9. The lowest BCUT2D eigenvalue weighted by Gasteiger charge is -2.26. The molecule has 3 aromatic carbocycles. The second kappa shape index (κ2) is 10.3. The van der Waals surface area contributed by atoms with E-state index in [0.29, 0.717) is 12.3 Å². The van der Waals surface area contributed by atoms with E-state index in [1.165, 1.54) is 16.4 Å². The van der Waals surface area contributed by atoms with Gasteiger partial charge in [0.1, 0.15) is 12.3 Å². The van der Waals surface area contributed by atoms with Crippen molar-refractivity contribution in [2.75, 3.05) is 17.5 Å². The van der Waals surface area contributed by atoms with Crippen LogP contribution in [0, 0.1) is 13.8 Å². The smallest absolute Gasteiger partial charge is 0.264 e. The molecule has 3 rings (SSSR count). The van der Waals surface area contributed by atoms with Gasteiger partial charge < -0.3 is 10.1 Å². The van der Waals surface area contributed by atoms with E-state index < -0.39 is 15.9 Å². The average Bonchev–Trinajstić information content (AvgIpc) is 2.79. The number of carbonyl (C=O) groups excluding carboxylic acids is 1. The van der Waals surface area contributed by atoms with Crippen LogP contribution in [0.3, 0.4) is 0 Å². The average molecular weight is 453 g/mol. The highest BCUT2D eigenvalue weighted by Crippen LogP contribution is 2.28. The molecule has 0 aliphatic carbocycles. The third kappa shape index (κ3) is 5.48. The summed E-state index contributed by atoms with van der Waals surface area (Å²) in [6.45, 7) is 6.17. The number of benzene rings is 3. The molecule has 0 atom stereocenters. The molecule has 0 bridgehead atoms. The van der Waals surface area contributed by atoms with Gasteiger partial charge in [-0.3, -0.25) is 9.10 Å². The van der Waals surface area contributed by atoms with Crippen molar-refractivity contribution < 1.29 is 17.9 Å². The van der Waals surface area contributed by atoms with Gasteiger partial charge in [-0.15, -0.1) is 0 Å². The lowest BCUT2D eigenvalue weighted by Crippen LogP contribution is -2.41. The zero-order valence-electron chi connectivity index (χ0n) is 18.5. The largest absolute Gasteiger partial charge is 0.494 e. The normalized spacial score (nSPS) is 11.1. The number of nitrogens with zero attached hydrogens (tertiary/aromatic N) is 1. The van der Waals surface area contributed by atoms with Gasteiger partial charge in [0.15, 0.2) is 0 Å². The van der Waals surface area contributed by atoms with Gasteiger partial charge in [0.2, 0.25) is 5.91 Å². The summed E-state index contributed by atoms with van der Waals surface area (Å²) in [4.78, 5) is 13.0. The Kier molecular flexibility index (Phi) is 7.53. The van der Waals surface area contributed by atoms with Gasteiger partial charge in [-0.1, -0.05) is 42.5 Å². The van der Waals surface area contributed by atoms with E-state index in [1.807, 2.05) is 51.1 Å². The van der Waals surface area contributed by atoms with Crippen LogP contribution in [-0.2, 0) is 21.4 Å². The van der Waals surface area contributed by atoms with Crippen LogP contribution < -0.4 is 14.4 Å². The molecule has 7 heteroatoms. The molecule has 0 unspecified atom stereocenters. The number of sulfonamides is 1. The van der Waals surface area contributed by atoms with Gasteiger partial charge in [0, 0.05) is 6.54 Å². The molecule has 6 nitrogen and oxygen atoms in total. The first-order chi connectivity index (χ1) is 15.3. The lowest BCUT2D eigenvalue weighted by molar-refractivity contribution is -0.119. The molecule has 1 N–H and O–H groups in total. The zero-order valence-corrected chi connectivity index (χ0v) is 19.4. The quantitative estimate of drug-likeness (QED) is 0.528. The highest BCUT2D eigenvalue weighted by molar-refractivity contribution is 7.92. The Morgan fingerprint density at radius 3 is 2.41 bits per heavy atom. The molecule has 0 aliphatic heterocycles. The molecular formula is C25H28N2O4S. The van der Waals surface area contributed by atoms with Gasteiger partial charge in [0.25, 0.3) is 10.0 Å². The highest BCUT2D eigenvalue weighted by Gasteiger charge is 2.28. The Morgan fingerprint density at radius 1 is 0.969 bits per heavy atom. The number of amides is 1. The standard InChI is InChI=1S/C25H28N2O4S/c1-4-31-22-12-9-11-21(16-22)17-26-25(28)18-27(24-15-8-10-19(2)20(24)3)32(29,30)23-13-6-5-7-14-23/h5-16H,4,17-18H2,1-3H3,(H,26,28). The summed E-state index contributed by atoms with van der Waals surface area (Å²) in [6.07, 6.45) is 0. The van der Waals surface area contributed by atoms with E-state index in [4.69, 9.17) is 4.74 Å². The summed E-state index contributed by atoms with van der Waals surface area (Å²) in [5, 5.41) is 2.83. The van der Waals surface area contributed by atoms with Gasteiger partial charge in [0.05, 0.1) is 17.2 Å². The summed E-state index contributed by atoms with van der Waals surface area (Å²) in [6, 6.07) is 21.0. The minimum atomic E-state index is -3.93. The Labute approximate surface area is 189 Å². The van der Waals surface area contributed by atoms with Crippen molar-refractivity contribution in [1.82, 2.24) is 5.32 Å². The topological polar surface area (TPSA) is 75.7 Å². The van der Waals surface area contributed by atoms with E-state index in [-0.39, 0.29) is 18.0 Å². The van der Waals surface area contributed by atoms with Crippen molar-refractivity contribution in [3.63, 3.8) is 0 Å². The Balaban J connectivity index is 1.85. The Bertz CT molecular complexity index is 1180. The molecule has 0 radical (unpaired) electrons. The van der Waals surface area contributed by atoms with Crippen molar-refractivity contribution in [2.24, 2.45) is 0 Å². The third-order valence-corrected chi connectivity index (χ3v) is 6.94. The van der Waals surface area contributed by atoms with E-state index in [0.717, 1.165) is 22.4 Å². The molecule has 32 heavy (non-hydrogen) atoms. The summed E-state index contributed by atoms with van der Waals surface area (Å²) < 4.78 is 33.6. The molecule has 168 valence electrons. The maximum Gasteiger partial charge on any atom is 0.264 e. The van der Waals surface area contributed by atoms with E-state index in [2.05, 4.69) is 5.32 Å². The molecule has 0 saturated carbocycles. The maximum atomic E-state index is 13.5. The number of nitrogens with one attached hydrogen (secondary N) is 1. The molecule has 0 spiro atoms. The van der Waals surface area contributed by atoms with Gasteiger partial charge >= 0.3 is 0 Å². The summed E-state index contributed by atoms with van der Waals surface area (Å²) >= 11 is 0. The first kappa shape index (κ1) is 23.3. The van der Waals surface area contributed by atoms with E-state index in [1.54, 1.807) is 30.3 Å². The summed E-state index contributed by atoms with van der Waals surface area (Å²) in [5.41, 5.74) is 3.11. The number of hydrogen-bond donors (Lipinski definition) is 1. The second-order valence-electron chi connectivity index (χ2n) is 7.40. The fraction of sp³-hybridized carbons (Fsp3) is 0.240. The molecule has 1 amide bonds. The SMILES string of the molecule is CCOc1cccc(CNC(=O)CN(c2cccc(C)c2C)S(=O)(=O)c2ccccc2)c1. The number of hydrogen-bond acceptors (Lipinski definition) is 4. The van der Waals surface area contributed by atoms with Crippen molar-refractivity contribution in [3.8, 4) is 5.75 Å². The van der Waals surface area contributed by atoms with Crippen LogP contribution in [0.4, 0.5) is 5.69 Å². The van der Waals surface area contributed by atoms with Crippen LogP contribution >= 0.6 is 0 Å². The third-order valence-electron chi connectivity index (χ3n) is 5.16. The Morgan fingerprint density at radius 2 is 1.69 bits per heavy atom. The summed E-state index contributed by atoms with van der Waals surface area (Å²) in [7, 11) is -3.93. The molecule has 0 aromatic heterocycles. The number of rotatable bonds is 9. The van der Waals surface area contributed by atoms with Crippen LogP contribution in [0.1, 0.15) is 23.6 Å². The van der Waals surface area contributed by atoms with Crippen LogP contribution in [0.15, 0.2) is 77.7 Å². The maximum absolute atomic E-state index is 13.5. The number of carbonyl (C=O) groups is 1. The second-order valence-corrected chi connectivity index (χ2v) is 9.26. The van der Waals surface area contributed by atoms with Gasteiger partial charge in [-0.05, 0) is 67.8 Å². The number of aryl methyl sites for hydroxylation is 1. The van der Waals surface area contributed by atoms with Crippen molar-refractivity contribution in [2.45, 2.75) is 32.2 Å². The first-order valence-electron chi connectivity index (χ1n) is 10.5. The minimum absolute atomic E-state index is 0.137. The molecule has 0 saturated heterocycles. The van der Waals surface area contributed by atoms with Crippen molar-refractivity contribution >= 4 is 21.6 Å². The molecule has 3 aromatic rings. The van der Waals surface area contributed by atoms with Crippen LogP contribution in [0.2, 0.25) is 0 Å². The van der Waals surface area contributed by atoms with E-state index in [9.17, 15) is 13.2 Å². The van der Waals surface area contributed by atoms with Gasteiger partial charge in [-0.25, -0.2) is 8.42 Å². The molecule has 0 fully saturated rings. The minimum Gasteiger partial charge on any atom is -0.494 e. The van der Waals surface area contributed by atoms with Gasteiger partial charge in [-0.2, -0.15) is 0 Å². The fourth-order valence-electron chi connectivity index (χ4n) is 3.32. The van der Waals surface area contributed by atoms with Crippen LogP contribution in [-0.4, -0.2) is 27.5 Å². The molecule has 0 heterocycles. The fourth-order valence-corrected chi connectivity index (χ4v) is 4.82. The predicted molar refractivity (Wildman–Crippen MR) is 126 cm³/mol. The summed E-state index contributed by atoms with van der Waals surface area (Å²) in [5.74, 6) is 0.329. The lowest BCUT2D eigenvalue weighted by atomic mass is 10.1. The molecule has 0 aliphatic rings. The van der Waals surface area contributed by atoms with Crippen LogP contribution in [0.25, 0.3) is 0 Å². The molecular weight excluding hydrogens is 424 g/mol. The number of anilines is 1.